The van der Waals surface area contributed by atoms with E-state index in [2.05, 4.69) is 315 Å². The summed E-state index contributed by atoms with van der Waals surface area (Å²) in [7, 11) is 0. The van der Waals surface area contributed by atoms with Gasteiger partial charge in [-0.1, -0.05) is 285 Å². The van der Waals surface area contributed by atoms with Gasteiger partial charge in [-0.05, 0) is 189 Å². The lowest BCUT2D eigenvalue weighted by Gasteiger charge is -2.18. The first kappa shape index (κ1) is 49.1. The Bertz CT molecular complexity index is 5660. The fourth-order valence-electron chi connectivity index (χ4n) is 14.7. The minimum absolute atomic E-state index is 0.914. The molecule has 1 heteroatoms. The van der Waals surface area contributed by atoms with Crippen molar-refractivity contribution in [2.75, 3.05) is 0 Å². The van der Waals surface area contributed by atoms with Crippen LogP contribution in [-0.2, 0) is 0 Å². The van der Waals surface area contributed by atoms with E-state index in [9.17, 15) is 0 Å². The number of benzene rings is 18. The summed E-state index contributed by atoms with van der Waals surface area (Å²) in [6.45, 7) is 0. The Morgan fingerprint density at radius 1 is 0.172 bits per heavy atom. The lowest BCUT2D eigenvalue weighted by Crippen LogP contribution is -1.91. The Morgan fingerprint density at radius 2 is 0.540 bits per heavy atom. The minimum Gasteiger partial charge on any atom is -0.455 e. The molecule has 0 fully saturated rings. The Labute approximate surface area is 502 Å². The van der Waals surface area contributed by atoms with E-state index in [1.54, 1.807) is 0 Å². The van der Waals surface area contributed by atoms with Crippen LogP contribution < -0.4 is 0 Å². The molecule has 0 atom stereocenters. The standard InChI is InChI=1S/C44H26.C42H26O/c1-5-27-13-15-31-17-21-37(39-23-19-29(7-1)41(27)43(31)39)35-11-3-9-33(25-35)34-10-4-12-36(26-34)38-22-18-32-16-14-28-6-2-8-30-20-24-40(38)44(32)42(28)30;1-2-12-27(13-3-1)29-15-10-16-30(26-29)39-32-18-6-8-20-34(32)40(35-21-9-7-19-33(35)39)36-22-11-23-38-41(36)37-25-24-28-14-4-5-17-31(28)42(37)43-38/h1-26H;1-26H. The monoisotopic (exact) mass is 1100 g/mol. The number of hydrogen-bond donors (Lipinski definition) is 0. The molecular weight excluding hydrogens is 1050 g/mol. The van der Waals surface area contributed by atoms with Crippen LogP contribution in [0.15, 0.2) is 320 Å². The third-order valence-electron chi connectivity index (χ3n) is 18.6. The Hall–Kier alpha value is -11.4. The van der Waals surface area contributed by atoms with Crippen LogP contribution in [0.2, 0.25) is 0 Å². The van der Waals surface area contributed by atoms with E-state index in [0.717, 1.165) is 27.3 Å². The molecule has 0 aliphatic rings. The van der Waals surface area contributed by atoms with E-state index in [1.165, 1.54) is 158 Å². The van der Waals surface area contributed by atoms with Crippen LogP contribution in [0, 0.1) is 0 Å². The maximum atomic E-state index is 6.60. The predicted molar refractivity (Wildman–Crippen MR) is 373 cm³/mol. The zero-order valence-corrected chi connectivity index (χ0v) is 47.4. The lowest BCUT2D eigenvalue weighted by atomic mass is 9.84. The second kappa shape index (κ2) is 19.6. The van der Waals surface area contributed by atoms with Crippen LogP contribution in [0.5, 0.6) is 0 Å². The van der Waals surface area contributed by atoms with Crippen LogP contribution in [0.4, 0.5) is 0 Å². The summed E-state index contributed by atoms with van der Waals surface area (Å²) < 4.78 is 6.60. The van der Waals surface area contributed by atoms with Gasteiger partial charge in [0.2, 0.25) is 0 Å². The third-order valence-corrected chi connectivity index (χ3v) is 18.6. The SMILES string of the molecule is c1cc(-c2cccc(-c3ccc4ccc5cccc6ccc3c4c56)c2)cc(-c2ccc3ccc4cccc5ccc2c3c45)c1.c1ccc(-c2cccc(-c3c4ccccc4c(-c4cccc5oc6c7ccccc7ccc6c45)c4ccccc34)c2)cc1. The van der Waals surface area contributed by atoms with Gasteiger partial charge in [-0.2, -0.15) is 0 Å². The predicted octanol–water partition coefficient (Wildman–Crippen LogP) is 24.5. The van der Waals surface area contributed by atoms with Gasteiger partial charge < -0.3 is 4.42 Å². The molecule has 402 valence electrons. The van der Waals surface area contributed by atoms with Crippen LogP contribution in [0.1, 0.15) is 0 Å². The smallest absolute Gasteiger partial charge is 0.143 e. The molecule has 1 heterocycles. The number of rotatable bonds is 6. The van der Waals surface area contributed by atoms with E-state index in [1.807, 2.05) is 0 Å². The quantitative estimate of drug-likeness (QED) is 0.119. The van der Waals surface area contributed by atoms with Gasteiger partial charge in [0.1, 0.15) is 11.2 Å². The largest absolute Gasteiger partial charge is 0.455 e. The normalized spacial score (nSPS) is 11.9. The molecule has 0 bridgehead atoms. The molecule has 0 aliphatic heterocycles. The molecule has 0 radical (unpaired) electrons. The number of furan rings is 1. The number of hydrogen-bond acceptors (Lipinski definition) is 1. The van der Waals surface area contributed by atoms with Crippen LogP contribution in [0.25, 0.3) is 186 Å². The summed E-state index contributed by atoms with van der Waals surface area (Å²) in [5.41, 5.74) is 16.7. The average molecular weight is 1100 g/mol. The van der Waals surface area contributed by atoms with Gasteiger partial charge in [-0.25, -0.2) is 0 Å². The summed E-state index contributed by atoms with van der Waals surface area (Å²) >= 11 is 0. The maximum absolute atomic E-state index is 6.60. The average Bonchev–Trinajstić information content (AvgIpc) is 2.05. The van der Waals surface area contributed by atoms with Crippen molar-refractivity contribution in [2.24, 2.45) is 0 Å². The van der Waals surface area contributed by atoms with Crippen molar-refractivity contribution in [2.45, 2.75) is 0 Å². The van der Waals surface area contributed by atoms with Crippen molar-refractivity contribution in [1.29, 1.82) is 0 Å². The minimum atomic E-state index is 0.914. The first-order chi connectivity index (χ1) is 43.1. The van der Waals surface area contributed by atoms with Gasteiger partial charge in [0, 0.05) is 16.2 Å². The zero-order valence-electron chi connectivity index (χ0n) is 47.4. The summed E-state index contributed by atoms with van der Waals surface area (Å²) in [5, 5.41) is 25.5. The first-order valence-corrected chi connectivity index (χ1v) is 30.1. The highest BCUT2D eigenvalue weighted by atomic mass is 16.3. The second-order valence-corrected chi connectivity index (χ2v) is 23.3. The van der Waals surface area contributed by atoms with Crippen molar-refractivity contribution in [1.82, 2.24) is 0 Å². The summed E-state index contributed by atoms with van der Waals surface area (Å²) in [4.78, 5) is 0. The zero-order chi connectivity index (χ0) is 57.1. The fraction of sp³-hybridized carbons (Fsp3) is 0. The summed E-state index contributed by atoms with van der Waals surface area (Å²) in [5.74, 6) is 0. The molecular formula is C86H52O. The maximum Gasteiger partial charge on any atom is 0.143 e. The molecule has 0 saturated carbocycles. The van der Waals surface area contributed by atoms with E-state index in [-0.39, 0.29) is 0 Å². The Balaban J connectivity index is 0.000000131. The molecule has 1 nitrogen and oxygen atoms in total. The molecule has 0 saturated heterocycles. The highest BCUT2D eigenvalue weighted by molar-refractivity contribution is 6.29. The lowest BCUT2D eigenvalue weighted by molar-refractivity contribution is 0.673. The van der Waals surface area contributed by atoms with Gasteiger partial charge in [0.05, 0.1) is 0 Å². The van der Waals surface area contributed by atoms with Crippen LogP contribution in [0.3, 0.4) is 0 Å². The van der Waals surface area contributed by atoms with E-state index in [0.29, 0.717) is 0 Å². The van der Waals surface area contributed by atoms with Gasteiger partial charge in [0.25, 0.3) is 0 Å². The fourth-order valence-corrected chi connectivity index (χ4v) is 14.7. The molecule has 0 amide bonds. The van der Waals surface area contributed by atoms with Gasteiger partial charge in [0.15, 0.2) is 0 Å². The highest BCUT2D eigenvalue weighted by Crippen LogP contribution is 2.49. The molecule has 0 N–H and O–H groups in total. The van der Waals surface area contributed by atoms with Crippen LogP contribution >= 0.6 is 0 Å². The topological polar surface area (TPSA) is 13.1 Å². The molecule has 0 unspecified atom stereocenters. The van der Waals surface area contributed by atoms with E-state index >= 15 is 0 Å². The molecule has 0 spiro atoms. The second-order valence-electron chi connectivity index (χ2n) is 23.3. The van der Waals surface area contributed by atoms with Gasteiger partial charge in [-0.3, -0.25) is 0 Å². The van der Waals surface area contributed by atoms with Crippen molar-refractivity contribution in [3.8, 4) is 66.8 Å². The Kier molecular flexibility index (Phi) is 11.1. The van der Waals surface area contributed by atoms with Gasteiger partial charge in [-0.15, -0.1) is 0 Å². The summed E-state index contributed by atoms with van der Waals surface area (Å²) in [6.07, 6.45) is 0. The Morgan fingerprint density at radius 3 is 1.10 bits per heavy atom. The molecule has 18 aromatic carbocycles. The van der Waals surface area contributed by atoms with Crippen molar-refractivity contribution in [3.63, 3.8) is 0 Å². The molecule has 1 aromatic heterocycles. The first-order valence-electron chi connectivity index (χ1n) is 30.1. The summed E-state index contributed by atoms with van der Waals surface area (Å²) in [6, 6.07) is 115. The van der Waals surface area contributed by atoms with Gasteiger partial charge >= 0.3 is 0 Å². The molecule has 19 aromatic rings. The van der Waals surface area contributed by atoms with E-state index < -0.39 is 0 Å². The van der Waals surface area contributed by atoms with Crippen LogP contribution in [-0.4, -0.2) is 0 Å². The van der Waals surface area contributed by atoms with Crippen molar-refractivity contribution in [3.05, 3.63) is 315 Å². The van der Waals surface area contributed by atoms with Crippen molar-refractivity contribution < 1.29 is 4.42 Å². The number of fused-ring (bicyclic) bond motifs is 7. The molecule has 0 aliphatic carbocycles. The third kappa shape index (κ3) is 7.80. The molecule has 87 heavy (non-hydrogen) atoms. The van der Waals surface area contributed by atoms with Crippen molar-refractivity contribution >= 4 is 119 Å². The van der Waals surface area contributed by atoms with E-state index in [4.69, 9.17) is 4.42 Å². The molecule has 19 rings (SSSR count). The highest BCUT2D eigenvalue weighted by Gasteiger charge is 2.22.